The first-order valence-corrected chi connectivity index (χ1v) is 11.3. The summed E-state index contributed by atoms with van der Waals surface area (Å²) in [7, 11) is -4.01. The number of ether oxygens (including phenoxy) is 1. The molecule has 0 saturated carbocycles. The second-order valence-corrected chi connectivity index (χ2v) is 9.27. The van der Waals surface area contributed by atoms with Gasteiger partial charge in [0, 0.05) is 12.1 Å². The summed E-state index contributed by atoms with van der Waals surface area (Å²) in [5.41, 5.74) is -0.316. The predicted molar refractivity (Wildman–Crippen MR) is 118 cm³/mol. The molecule has 0 aliphatic carbocycles. The van der Waals surface area contributed by atoms with Crippen molar-refractivity contribution >= 4 is 44.9 Å². The van der Waals surface area contributed by atoms with Gasteiger partial charge in [-0.3, -0.25) is 19.7 Å². The molecule has 0 bridgehead atoms. The highest BCUT2D eigenvalue weighted by Crippen LogP contribution is 2.27. The van der Waals surface area contributed by atoms with Gasteiger partial charge < -0.3 is 10.1 Å². The molecule has 2 aromatic rings. The van der Waals surface area contributed by atoms with Gasteiger partial charge in [0.1, 0.15) is 6.04 Å². The number of rotatable bonds is 9. The van der Waals surface area contributed by atoms with Crippen LogP contribution in [0.1, 0.15) is 20.8 Å². The van der Waals surface area contributed by atoms with E-state index in [1.807, 2.05) is 0 Å². The monoisotopic (exact) mass is 483 g/mol. The van der Waals surface area contributed by atoms with Crippen LogP contribution in [0.4, 0.5) is 11.4 Å². The molecule has 0 aliphatic rings. The van der Waals surface area contributed by atoms with E-state index in [1.54, 1.807) is 32.0 Å². The smallest absolute Gasteiger partial charge is 0.325 e. The summed E-state index contributed by atoms with van der Waals surface area (Å²) in [6.45, 7) is 4.52. The summed E-state index contributed by atoms with van der Waals surface area (Å²) in [5, 5.41) is 13.3. The number of carbonyl (C=O) groups excluding carboxylic acids is 2. The number of nitrogens with one attached hydrogen (secondary N) is 2. The molecule has 1 amide bonds. The minimum Gasteiger partial charge on any atom is -0.451 e. The van der Waals surface area contributed by atoms with Gasteiger partial charge in [0.05, 0.1) is 20.5 Å². The highest BCUT2D eigenvalue weighted by molar-refractivity contribution is 7.89. The van der Waals surface area contributed by atoms with Crippen molar-refractivity contribution in [3.05, 3.63) is 63.7 Å². The first kappa shape index (κ1) is 25.2. The Hall–Kier alpha value is -3.02. The second kappa shape index (κ2) is 10.5. The van der Waals surface area contributed by atoms with Gasteiger partial charge in [-0.15, -0.1) is 0 Å². The average molecular weight is 484 g/mol. The van der Waals surface area contributed by atoms with E-state index in [0.29, 0.717) is 0 Å². The number of nitro benzene ring substituents is 1. The number of amides is 1. The minimum atomic E-state index is -4.01. The van der Waals surface area contributed by atoms with Crippen LogP contribution in [0.5, 0.6) is 0 Å². The molecular weight excluding hydrogens is 462 g/mol. The summed E-state index contributed by atoms with van der Waals surface area (Å²) < 4.78 is 32.6. The predicted octanol–water partition coefficient (Wildman–Crippen LogP) is 3.12. The fraction of sp³-hybridized carbons (Fsp3) is 0.300. The van der Waals surface area contributed by atoms with Gasteiger partial charge in [0.2, 0.25) is 10.0 Å². The molecule has 0 spiro atoms. The standard InChI is InChI=1S/C20H22ClN3O7S/c1-12(2)18(23-32(29,30)15-7-5-4-6-8-15)20(26)31-13(3)19(25)22-17-11-14(24(27)28)9-10-16(17)21/h4-13,18,23H,1-3H3,(H,22,25)/t13-,18-/m1/s1. The molecule has 0 fully saturated rings. The Morgan fingerprint density at radius 1 is 1.09 bits per heavy atom. The van der Waals surface area contributed by atoms with Crippen LogP contribution in [0.25, 0.3) is 0 Å². The summed E-state index contributed by atoms with van der Waals surface area (Å²) in [6, 6.07) is 9.74. The van der Waals surface area contributed by atoms with E-state index in [4.69, 9.17) is 16.3 Å². The zero-order chi connectivity index (χ0) is 24.1. The summed E-state index contributed by atoms with van der Waals surface area (Å²) >= 11 is 5.96. The van der Waals surface area contributed by atoms with Crippen LogP contribution in [-0.4, -0.2) is 37.4 Å². The van der Waals surface area contributed by atoms with E-state index in [-0.39, 0.29) is 21.3 Å². The third kappa shape index (κ3) is 6.49. The molecular formula is C20H22ClN3O7S. The number of sulfonamides is 1. The SMILES string of the molecule is CC(C)[C@@H](NS(=O)(=O)c1ccccc1)C(=O)O[C@H](C)C(=O)Nc1cc([N+](=O)[O-])ccc1Cl. The average Bonchev–Trinajstić information content (AvgIpc) is 2.73. The fourth-order valence-corrected chi connectivity index (χ4v) is 4.07. The topological polar surface area (TPSA) is 145 Å². The molecule has 2 rings (SSSR count). The summed E-state index contributed by atoms with van der Waals surface area (Å²) in [6.07, 6.45) is -1.33. The Kier molecular flexibility index (Phi) is 8.31. The molecule has 2 aromatic carbocycles. The van der Waals surface area contributed by atoms with Crippen LogP contribution in [-0.2, 0) is 24.3 Å². The van der Waals surface area contributed by atoms with Crippen molar-refractivity contribution in [3.8, 4) is 0 Å². The van der Waals surface area contributed by atoms with Crippen LogP contribution in [0.3, 0.4) is 0 Å². The van der Waals surface area contributed by atoms with E-state index in [2.05, 4.69) is 10.0 Å². The van der Waals surface area contributed by atoms with Gasteiger partial charge in [-0.2, -0.15) is 4.72 Å². The number of nitrogens with zero attached hydrogens (tertiary/aromatic N) is 1. The van der Waals surface area contributed by atoms with E-state index in [9.17, 15) is 28.1 Å². The molecule has 2 N–H and O–H groups in total. The van der Waals surface area contributed by atoms with Gasteiger partial charge in [0.25, 0.3) is 11.6 Å². The fourth-order valence-electron chi connectivity index (χ4n) is 2.55. The Bertz CT molecular complexity index is 1110. The molecule has 10 nitrogen and oxygen atoms in total. The number of anilines is 1. The van der Waals surface area contributed by atoms with Crippen molar-refractivity contribution in [2.75, 3.05) is 5.32 Å². The van der Waals surface area contributed by atoms with Gasteiger partial charge >= 0.3 is 5.97 Å². The van der Waals surface area contributed by atoms with Crippen LogP contribution >= 0.6 is 11.6 Å². The Morgan fingerprint density at radius 2 is 1.72 bits per heavy atom. The van der Waals surface area contributed by atoms with Crippen LogP contribution in [0.15, 0.2) is 53.4 Å². The number of nitro groups is 1. The highest BCUT2D eigenvalue weighted by atomic mass is 35.5. The lowest BCUT2D eigenvalue weighted by Crippen LogP contribution is -2.47. The maximum Gasteiger partial charge on any atom is 0.325 e. The molecule has 0 radical (unpaired) electrons. The summed E-state index contributed by atoms with van der Waals surface area (Å²) in [4.78, 5) is 35.3. The van der Waals surface area contributed by atoms with Crippen LogP contribution in [0, 0.1) is 16.0 Å². The Labute approximate surface area is 190 Å². The molecule has 0 unspecified atom stereocenters. The molecule has 0 heterocycles. The molecule has 0 aliphatic heterocycles. The lowest BCUT2D eigenvalue weighted by molar-refractivity contribution is -0.384. The number of hydrogen-bond acceptors (Lipinski definition) is 7. The van der Waals surface area contributed by atoms with Gasteiger partial charge in [-0.1, -0.05) is 43.6 Å². The molecule has 172 valence electrons. The van der Waals surface area contributed by atoms with Crippen molar-refractivity contribution in [2.24, 2.45) is 5.92 Å². The number of benzene rings is 2. The normalized spacial score (nSPS) is 13.3. The first-order chi connectivity index (χ1) is 14.9. The number of carbonyl (C=O) groups is 2. The molecule has 0 saturated heterocycles. The third-order valence-electron chi connectivity index (χ3n) is 4.34. The zero-order valence-electron chi connectivity index (χ0n) is 17.4. The van der Waals surface area contributed by atoms with Crippen LogP contribution in [0.2, 0.25) is 5.02 Å². The maximum absolute atomic E-state index is 12.6. The Balaban J connectivity index is 2.11. The van der Waals surface area contributed by atoms with E-state index in [0.717, 1.165) is 6.07 Å². The van der Waals surface area contributed by atoms with Crippen LogP contribution < -0.4 is 10.0 Å². The van der Waals surface area contributed by atoms with Gasteiger partial charge in [-0.25, -0.2) is 8.42 Å². The molecule has 2 atom stereocenters. The zero-order valence-corrected chi connectivity index (χ0v) is 19.0. The quantitative estimate of drug-likeness (QED) is 0.316. The van der Waals surface area contributed by atoms with Gasteiger partial charge in [0.15, 0.2) is 6.10 Å². The van der Waals surface area contributed by atoms with E-state index < -0.39 is 44.9 Å². The number of esters is 1. The maximum atomic E-state index is 12.6. The van der Waals surface area contributed by atoms with Crippen molar-refractivity contribution in [2.45, 2.75) is 37.8 Å². The van der Waals surface area contributed by atoms with Crippen molar-refractivity contribution in [3.63, 3.8) is 0 Å². The Morgan fingerprint density at radius 3 is 2.28 bits per heavy atom. The second-order valence-electron chi connectivity index (χ2n) is 7.15. The molecule has 12 heteroatoms. The molecule has 0 aromatic heterocycles. The first-order valence-electron chi connectivity index (χ1n) is 9.45. The largest absolute Gasteiger partial charge is 0.451 e. The lowest BCUT2D eigenvalue weighted by atomic mass is 10.1. The summed E-state index contributed by atoms with van der Waals surface area (Å²) in [5.74, 6) is -2.23. The van der Waals surface area contributed by atoms with Crippen molar-refractivity contribution in [1.82, 2.24) is 4.72 Å². The lowest BCUT2D eigenvalue weighted by Gasteiger charge is -2.23. The van der Waals surface area contributed by atoms with Crippen molar-refractivity contribution in [1.29, 1.82) is 0 Å². The highest BCUT2D eigenvalue weighted by Gasteiger charge is 2.32. The minimum absolute atomic E-state index is 0.0236. The van der Waals surface area contributed by atoms with E-state index >= 15 is 0 Å². The van der Waals surface area contributed by atoms with Crippen molar-refractivity contribution < 1.29 is 27.7 Å². The number of hydrogen-bond donors (Lipinski definition) is 2. The number of non-ortho nitro benzene ring substituents is 1. The number of halogens is 1. The van der Waals surface area contributed by atoms with E-state index in [1.165, 1.54) is 31.2 Å². The third-order valence-corrected chi connectivity index (χ3v) is 6.12. The molecule has 32 heavy (non-hydrogen) atoms. The van der Waals surface area contributed by atoms with Gasteiger partial charge in [-0.05, 0) is 31.0 Å².